The molecule has 0 aliphatic rings. The van der Waals surface area contributed by atoms with Gasteiger partial charge in [0.1, 0.15) is 5.82 Å². The molecule has 3 heteroatoms. The molecule has 0 atom stereocenters. The topological polar surface area (TPSA) is 56.5 Å². The summed E-state index contributed by atoms with van der Waals surface area (Å²) in [6, 6.07) is 7.60. The number of nitrogens with two attached hydrogens (primary N) is 2. The first-order valence-electron chi connectivity index (χ1n) is 3.39. The number of nitrogens with zero attached hydrogens (tertiary/aromatic N) is 1. The van der Waals surface area contributed by atoms with Crippen molar-refractivity contribution < 1.29 is 0 Å². The highest BCUT2D eigenvalue weighted by molar-refractivity contribution is 5.62. The number of hydrogen-bond acceptors (Lipinski definition) is 2. The van der Waals surface area contributed by atoms with Crippen LogP contribution in [-0.4, -0.2) is 4.40 Å². The van der Waals surface area contributed by atoms with E-state index in [1.165, 1.54) is 0 Å². The molecule has 0 saturated heterocycles. The Hall–Kier alpha value is -1.64. The van der Waals surface area contributed by atoms with Crippen LogP contribution in [-0.2, 0) is 0 Å². The molecule has 0 saturated carbocycles. The fourth-order valence-electron chi connectivity index (χ4n) is 1.18. The SMILES string of the molecule is Nc1cc2cccc(N)n2c1. The van der Waals surface area contributed by atoms with Crippen LogP contribution in [0.3, 0.4) is 0 Å². The van der Waals surface area contributed by atoms with Gasteiger partial charge in [-0.3, -0.25) is 0 Å². The quantitative estimate of drug-likeness (QED) is 0.586. The van der Waals surface area contributed by atoms with Crippen LogP contribution in [0.15, 0.2) is 30.5 Å². The van der Waals surface area contributed by atoms with Crippen LogP contribution in [0.25, 0.3) is 5.52 Å². The molecule has 2 heterocycles. The Balaban J connectivity index is 2.90. The molecule has 2 aromatic rings. The Morgan fingerprint density at radius 3 is 2.73 bits per heavy atom. The Labute approximate surface area is 64.2 Å². The second-order valence-corrected chi connectivity index (χ2v) is 2.52. The molecule has 0 fully saturated rings. The average Bonchev–Trinajstić information content (AvgIpc) is 2.31. The lowest BCUT2D eigenvalue weighted by molar-refractivity contribution is 1.21. The zero-order valence-corrected chi connectivity index (χ0v) is 5.99. The molecule has 2 rings (SSSR count). The number of rotatable bonds is 0. The molecule has 3 nitrogen and oxygen atoms in total. The minimum absolute atomic E-state index is 0.708. The molecule has 0 aliphatic carbocycles. The molecule has 0 aliphatic heterocycles. The molecule has 0 bridgehead atoms. The van der Waals surface area contributed by atoms with E-state index in [0.29, 0.717) is 5.82 Å². The minimum atomic E-state index is 0.708. The van der Waals surface area contributed by atoms with E-state index in [9.17, 15) is 0 Å². The predicted molar refractivity (Wildman–Crippen MR) is 46.2 cm³/mol. The Morgan fingerprint density at radius 2 is 2.00 bits per heavy atom. The summed E-state index contributed by atoms with van der Waals surface area (Å²) in [5.41, 5.74) is 13.0. The van der Waals surface area contributed by atoms with Gasteiger partial charge in [-0.25, -0.2) is 0 Å². The summed E-state index contributed by atoms with van der Waals surface area (Å²) in [7, 11) is 0. The van der Waals surface area contributed by atoms with Crippen molar-refractivity contribution in [2.75, 3.05) is 11.5 Å². The highest BCUT2D eigenvalue weighted by Gasteiger charge is 1.96. The zero-order chi connectivity index (χ0) is 7.84. The summed E-state index contributed by atoms with van der Waals surface area (Å²) in [5, 5.41) is 0. The van der Waals surface area contributed by atoms with Gasteiger partial charge in [0.05, 0.1) is 5.69 Å². The van der Waals surface area contributed by atoms with Crippen molar-refractivity contribution in [3.05, 3.63) is 30.5 Å². The third-order valence-electron chi connectivity index (χ3n) is 1.68. The number of aromatic nitrogens is 1. The van der Waals surface area contributed by atoms with Gasteiger partial charge in [0.15, 0.2) is 0 Å². The molecule has 0 aromatic carbocycles. The number of hydrogen-bond donors (Lipinski definition) is 2. The predicted octanol–water partition coefficient (Wildman–Crippen LogP) is 1.10. The lowest BCUT2D eigenvalue weighted by atomic mass is 10.4. The summed E-state index contributed by atoms with van der Waals surface area (Å²) in [6.45, 7) is 0. The van der Waals surface area contributed by atoms with Gasteiger partial charge in [0, 0.05) is 11.7 Å². The summed E-state index contributed by atoms with van der Waals surface area (Å²) in [4.78, 5) is 0. The van der Waals surface area contributed by atoms with Crippen LogP contribution in [0.2, 0.25) is 0 Å². The first-order chi connectivity index (χ1) is 5.27. The Bertz CT molecular complexity index is 389. The summed E-state index contributed by atoms with van der Waals surface area (Å²) in [6.07, 6.45) is 1.81. The van der Waals surface area contributed by atoms with Crippen LogP contribution in [0.5, 0.6) is 0 Å². The minimum Gasteiger partial charge on any atom is -0.397 e. The molecular weight excluding hydrogens is 138 g/mol. The molecule has 2 aromatic heterocycles. The zero-order valence-electron chi connectivity index (χ0n) is 5.99. The van der Waals surface area contributed by atoms with Crippen LogP contribution < -0.4 is 11.5 Å². The maximum absolute atomic E-state index is 5.68. The number of anilines is 2. The van der Waals surface area contributed by atoms with E-state index in [4.69, 9.17) is 11.5 Å². The smallest absolute Gasteiger partial charge is 0.107 e. The summed E-state index contributed by atoms with van der Waals surface area (Å²) in [5.74, 6) is 0.708. The maximum atomic E-state index is 5.68. The van der Waals surface area contributed by atoms with Crippen LogP contribution in [0.4, 0.5) is 11.5 Å². The lowest BCUT2D eigenvalue weighted by Crippen LogP contribution is -1.93. The van der Waals surface area contributed by atoms with E-state index in [1.807, 2.05) is 34.9 Å². The van der Waals surface area contributed by atoms with Crippen molar-refractivity contribution in [3.8, 4) is 0 Å². The van der Waals surface area contributed by atoms with Crippen molar-refractivity contribution >= 4 is 17.0 Å². The van der Waals surface area contributed by atoms with E-state index in [2.05, 4.69) is 0 Å². The third kappa shape index (κ3) is 0.816. The second kappa shape index (κ2) is 1.92. The van der Waals surface area contributed by atoms with Crippen molar-refractivity contribution in [1.29, 1.82) is 0 Å². The first-order valence-corrected chi connectivity index (χ1v) is 3.39. The first kappa shape index (κ1) is 6.09. The van der Waals surface area contributed by atoms with Gasteiger partial charge in [-0.05, 0) is 18.2 Å². The van der Waals surface area contributed by atoms with E-state index < -0.39 is 0 Å². The van der Waals surface area contributed by atoms with Crippen LogP contribution >= 0.6 is 0 Å². The molecule has 0 spiro atoms. The fraction of sp³-hybridized carbons (Fsp3) is 0. The van der Waals surface area contributed by atoms with Crippen molar-refractivity contribution in [3.63, 3.8) is 0 Å². The van der Waals surface area contributed by atoms with Gasteiger partial charge < -0.3 is 15.9 Å². The standard InChI is InChI=1S/C8H9N3/c9-6-4-7-2-1-3-8(10)11(7)5-6/h1-5H,9-10H2. The molecule has 0 radical (unpaired) electrons. The number of nitrogen functional groups attached to an aromatic ring is 2. The van der Waals surface area contributed by atoms with Gasteiger partial charge in [-0.2, -0.15) is 0 Å². The van der Waals surface area contributed by atoms with Crippen molar-refractivity contribution in [1.82, 2.24) is 4.40 Å². The Kier molecular flexibility index (Phi) is 1.06. The van der Waals surface area contributed by atoms with Gasteiger partial charge in [0.25, 0.3) is 0 Å². The summed E-state index contributed by atoms with van der Waals surface area (Å²) >= 11 is 0. The fourth-order valence-corrected chi connectivity index (χ4v) is 1.18. The van der Waals surface area contributed by atoms with E-state index >= 15 is 0 Å². The molecule has 56 valence electrons. The maximum Gasteiger partial charge on any atom is 0.107 e. The van der Waals surface area contributed by atoms with E-state index in [0.717, 1.165) is 11.2 Å². The van der Waals surface area contributed by atoms with Crippen molar-refractivity contribution in [2.24, 2.45) is 0 Å². The van der Waals surface area contributed by atoms with Gasteiger partial charge in [0.2, 0.25) is 0 Å². The van der Waals surface area contributed by atoms with Gasteiger partial charge in [-0.1, -0.05) is 6.07 Å². The Morgan fingerprint density at radius 1 is 1.18 bits per heavy atom. The highest BCUT2D eigenvalue weighted by atomic mass is 15.0. The van der Waals surface area contributed by atoms with E-state index in [-0.39, 0.29) is 0 Å². The molecule has 4 N–H and O–H groups in total. The molecule has 0 amide bonds. The molecular formula is C8H9N3. The average molecular weight is 147 g/mol. The third-order valence-corrected chi connectivity index (χ3v) is 1.68. The van der Waals surface area contributed by atoms with Gasteiger partial charge in [-0.15, -0.1) is 0 Å². The molecule has 0 unspecified atom stereocenters. The number of fused-ring (bicyclic) bond motifs is 1. The monoisotopic (exact) mass is 147 g/mol. The van der Waals surface area contributed by atoms with Gasteiger partial charge >= 0.3 is 0 Å². The normalized spacial score (nSPS) is 10.5. The van der Waals surface area contributed by atoms with Crippen LogP contribution in [0.1, 0.15) is 0 Å². The largest absolute Gasteiger partial charge is 0.397 e. The number of pyridine rings is 1. The molecule has 11 heavy (non-hydrogen) atoms. The van der Waals surface area contributed by atoms with E-state index in [1.54, 1.807) is 0 Å². The lowest BCUT2D eigenvalue weighted by Gasteiger charge is -1.97. The van der Waals surface area contributed by atoms with Crippen LogP contribution in [0, 0.1) is 0 Å². The second-order valence-electron chi connectivity index (χ2n) is 2.52. The highest BCUT2D eigenvalue weighted by Crippen LogP contribution is 2.14. The summed E-state index contributed by atoms with van der Waals surface area (Å²) < 4.78 is 1.86. The van der Waals surface area contributed by atoms with Crippen molar-refractivity contribution in [2.45, 2.75) is 0 Å².